The molecule has 1 aromatic carbocycles. The molecule has 1 amide bonds. The average Bonchev–Trinajstić information content (AvgIpc) is 2.54. The largest absolute Gasteiger partial charge is 0.445 e. The minimum atomic E-state index is -0.240. The van der Waals surface area contributed by atoms with Crippen LogP contribution in [-0.4, -0.2) is 35.3 Å². The minimum Gasteiger partial charge on any atom is -0.445 e. The fourth-order valence-electron chi connectivity index (χ4n) is 3.40. The van der Waals surface area contributed by atoms with Gasteiger partial charge in [-0.2, -0.15) is 0 Å². The molecule has 2 bridgehead atoms. The summed E-state index contributed by atoms with van der Waals surface area (Å²) < 4.78 is 5.42. The van der Waals surface area contributed by atoms with E-state index in [1.807, 2.05) is 35.2 Å². The van der Waals surface area contributed by atoms with Crippen molar-refractivity contribution in [2.45, 2.75) is 38.3 Å². The van der Waals surface area contributed by atoms with Crippen LogP contribution in [0, 0.1) is 5.41 Å². The number of piperidine rings is 2. The minimum absolute atomic E-state index is 0.0828. The number of aliphatic hydroxyl groups is 1. The number of benzene rings is 1. The Morgan fingerprint density at radius 2 is 2.00 bits per heavy atom. The van der Waals surface area contributed by atoms with Crippen LogP contribution in [-0.2, 0) is 11.3 Å². The van der Waals surface area contributed by atoms with E-state index in [9.17, 15) is 9.90 Å². The number of hydrogen-bond acceptors (Lipinski definition) is 3. The fraction of sp³-hybridized carbons (Fsp3) is 0.562. The van der Waals surface area contributed by atoms with Crippen LogP contribution in [0.5, 0.6) is 0 Å². The molecule has 0 atom stereocenters. The topological polar surface area (TPSA) is 49.8 Å². The van der Waals surface area contributed by atoms with Gasteiger partial charge in [0, 0.05) is 18.0 Å². The van der Waals surface area contributed by atoms with E-state index < -0.39 is 0 Å². The Morgan fingerprint density at radius 1 is 1.30 bits per heavy atom. The normalized spacial score (nSPS) is 28.4. The molecule has 1 aromatic rings. The van der Waals surface area contributed by atoms with Crippen LogP contribution < -0.4 is 0 Å². The first kappa shape index (κ1) is 13.4. The van der Waals surface area contributed by atoms with Gasteiger partial charge in [-0.3, -0.25) is 0 Å². The summed E-state index contributed by atoms with van der Waals surface area (Å²) in [5, 5.41) is 9.59. The lowest BCUT2D eigenvalue weighted by atomic mass is 9.68. The first-order valence-electron chi connectivity index (χ1n) is 7.31. The number of amides is 1. The van der Waals surface area contributed by atoms with Gasteiger partial charge in [-0.1, -0.05) is 30.3 Å². The van der Waals surface area contributed by atoms with Crippen molar-refractivity contribution >= 4 is 6.09 Å². The van der Waals surface area contributed by atoms with Gasteiger partial charge in [-0.15, -0.1) is 0 Å². The summed E-state index contributed by atoms with van der Waals surface area (Å²) in [6, 6.07) is 10.0. The second-order valence-electron chi connectivity index (χ2n) is 6.06. The van der Waals surface area contributed by atoms with Crippen LogP contribution in [0.2, 0.25) is 0 Å². The van der Waals surface area contributed by atoms with E-state index in [0.717, 1.165) is 31.2 Å². The lowest BCUT2D eigenvalue weighted by molar-refractivity contribution is -0.0473. The van der Waals surface area contributed by atoms with Crippen LogP contribution in [0.3, 0.4) is 0 Å². The van der Waals surface area contributed by atoms with E-state index in [4.69, 9.17) is 4.74 Å². The Labute approximate surface area is 119 Å². The Morgan fingerprint density at radius 3 is 2.65 bits per heavy atom. The first-order chi connectivity index (χ1) is 9.72. The van der Waals surface area contributed by atoms with Gasteiger partial charge >= 0.3 is 6.09 Å². The molecule has 2 saturated heterocycles. The van der Waals surface area contributed by atoms with Crippen molar-refractivity contribution in [2.75, 3.05) is 13.2 Å². The SMILES string of the molecule is O=C(OCc1ccccc1)N1CC2(CO)CCC1CC2. The number of aliphatic hydroxyl groups excluding tert-OH is 1. The summed E-state index contributed by atoms with van der Waals surface area (Å²) in [5.41, 5.74) is 0.917. The molecule has 1 saturated carbocycles. The predicted octanol–water partition coefficient (Wildman–Crippen LogP) is 2.56. The summed E-state index contributed by atoms with van der Waals surface area (Å²) in [4.78, 5) is 14.1. The first-order valence-corrected chi connectivity index (χ1v) is 7.31. The summed E-state index contributed by atoms with van der Waals surface area (Å²) in [7, 11) is 0. The fourth-order valence-corrected chi connectivity index (χ4v) is 3.40. The van der Waals surface area contributed by atoms with Gasteiger partial charge in [0.1, 0.15) is 6.61 Å². The zero-order chi connectivity index (χ0) is 14.0. The van der Waals surface area contributed by atoms with E-state index in [2.05, 4.69) is 0 Å². The molecular weight excluding hydrogens is 254 g/mol. The molecule has 3 aliphatic rings. The molecule has 0 radical (unpaired) electrons. The Bertz CT molecular complexity index is 466. The molecule has 4 rings (SSSR count). The zero-order valence-corrected chi connectivity index (χ0v) is 11.6. The third-order valence-electron chi connectivity index (χ3n) is 4.74. The molecule has 2 heterocycles. The van der Waals surface area contributed by atoms with Crippen LogP contribution in [0.4, 0.5) is 4.79 Å². The molecule has 4 heteroatoms. The second kappa shape index (κ2) is 5.44. The molecule has 0 aromatic heterocycles. The monoisotopic (exact) mass is 275 g/mol. The van der Waals surface area contributed by atoms with Gasteiger partial charge in [-0.05, 0) is 31.2 Å². The lowest BCUT2D eigenvalue weighted by Crippen LogP contribution is -2.57. The molecule has 0 unspecified atom stereocenters. The van der Waals surface area contributed by atoms with E-state index in [0.29, 0.717) is 19.2 Å². The molecular formula is C16H21NO3. The molecule has 4 nitrogen and oxygen atoms in total. The Hall–Kier alpha value is -1.55. The zero-order valence-electron chi connectivity index (χ0n) is 11.6. The maximum absolute atomic E-state index is 12.2. The van der Waals surface area contributed by atoms with Gasteiger partial charge in [0.05, 0.1) is 6.61 Å². The van der Waals surface area contributed by atoms with Crippen molar-refractivity contribution in [2.24, 2.45) is 5.41 Å². The lowest BCUT2D eigenvalue weighted by Gasteiger charge is -2.51. The van der Waals surface area contributed by atoms with E-state index in [-0.39, 0.29) is 18.1 Å². The number of fused-ring (bicyclic) bond motifs is 3. The maximum Gasteiger partial charge on any atom is 0.410 e. The number of carbonyl (C=O) groups is 1. The van der Waals surface area contributed by atoms with Gasteiger partial charge < -0.3 is 14.7 Å². The van der Waals surface area contributed by atoms with Gasteiger partial charge in [0.15, 0.2) is 0 Å². The quantitative estimate of drug-likeness (QED) is 0.922. The van der Waals surface area contributed by atoms with Crippen molar-refractivity contribution < 1.29 is 14.6 Å². The molecule has 2 aliphatic heterocycles. The highest BCUT2D eigenvalue weighted by atomic mass is 16.6. The number of ether oxygens (including phenoxy) is 1. The van der Waals surface area contributed by atoms with Crippen molar-refractivity contribution in [3.8, 4) is 0 Å². The average molecular weight is 275 g/mol. The second-order valence-corrected chi connectivity index (χ2v) is 6.06. The molecule has 108 valence electrons. The standard InChI is InChI=1S/C16H21NO3/c18-12-16-8-6-14(7-9-16)17(11-16)15(19)20-10-13-4-2-1-3-5-13/h1-5,14,18H,6-12H2. The molecule has 1 N–H and O–H groups in total. The van der Waals surface area contributed by atoms with Crippen LogP contribution in [0.15, 0.2) is 30.3 Å². The van der Waals surface area contributed by atoms with Crippen molar-refractivity contribution in [1.29, 1.82) is 0 Å². The Balaban J connectivity index is 1.60. The molecule has 3 fully saturated rings. The summed E-state index contributed by atoms with van der Waals surface area (Å²) in [5.74, 6) is 0. The molecule has 1 aliphatic carbocycles. The number of nitrogens with zero attached hydrogens (tertiary/aromatic N) is 1. The number of hydrogen-bond donors (Lipinski definition) is 1. The summed E-state index contributed by atoms with van der Waals surface area (Å²) in [6.07, 6.45) is 3.78. The van der Waals surface area contributed by atoms with E-state index >= 15 is 0 Å². The summed E-state index contributed by atoms with van der Waals surface area (Å²) >= 11 is 0. The van der Waals surface area contributed by atoms with Crippen molar-refractivity contribution in [1.82, 2.24) is 4.90 Å². The van der Waals surface area contributed by atoms with Crippen LogP contribution >= 0.6 is 0 Å². The smallest absolute Gasteiger partial charge is 0.410 e. The third kappa shape index (κ3) is 2.52. The molecule has 0 spiro atoms. The predicted molar refractivity (Wildman–Crippen MR) is 75.1 cm³/mol. The van der Waals surface area contributed by atoms with Crippen LogP contribution in [0.1, 0.15) is 31.2 Å². The van der Waals surface area contributed by atoms with E-state index in [1.165, 1.54) is 0 Å². The van der Waals surface area contributed by atoms with Gasteiger partial charge in [-0.25, -0.2) is 4.79 Å². The van der Waals surface area contributed by atoms with Crippen molar-refractivity contribution in [3.05, 3.63) is 35.9 Å². The Kier molecular flexibility index (Phi) is 3.66. The summed E-state index contributed by atoms with van der Waals surface area (Å²) in [6.45, 7) is 1.12. The number of carbonyl (C=O) groups excluding carboxylic acids is 1. The van der Waals surface area contributed by atoms with Crippen LogP contribution in [0.25, 0.3) is 0 Å². The number of rotatable bonds is 3. The van der Waals surface area contributed by atoms with Crippen molar-refractivity contribution in [3.63, 3.8) is 0 Å². The molecule has 20 heavy (non-hydrogen) atoms. The van der Waals surface area contributed by atoms with Gasteiger partial charge in [0.25, 0.3) is 0 Å². The highest BCUT2D eigenvalue weighted by Gasteiger charge is 2.46. The van der Waals surface area contributed by atoms with E-state index in [1.54, 1.807) is 0 Å². The maximum atomic E-state index is 12.2. The highest BCUT2D eigenvalue weighted by Crippen LogP contribution is 2.44. The third-order valence-corrected chi connectivity index (χ3v) is 4.74. The van der Waals surface area contributed by atoms with Gasteiger partial charge in [0.2, 0.25) is 0 Å². The highest BCUT2D eigenvalue weighted by molar-refractivity contribution is 5.68.